The molecule has 24 heavy (non-hydrogen) atoms. The highest BCUT2D eigenvalue weighted by Gasteiger charge is 2.29. The second-order valence-corrected chi connectivity index (χ2v) is 6.61. The maximum atomic E-state index is 14.5. The molecule has 0 amide bonds. The largest absolute Gasteiger partial charge is 0.481 e. The molecule has 1 fully saturated rings. The Kier molecular flexibility index (Phi) is 4.90. The Hall–Kier alpha value is -2.27. The van der Waals surface area contributed by atoms with Gasteiger partial charge in [0, 0.05) is 37.6 Å². The van der Waals surface area contributed by atoms with Gasteiger partial charge in [0.05, 0.1) is 5.92 Å². The molecule has 0 radical (unpaired) electrons. The van der Waals surface area contributed by atoms with Crippen molar-refractivity contribution in [3.63, 3.8) is 0 Å². The first-order valence-corrected chi connectivity index (χ1v) is 8.17. The minimum absolute atomic E-state index is 0.255. The van der Waals surface area contributed by atoms with Gasteiger partial charge in [0.25, 0.3) is 0 Å². The lowest BCUT2D eigenvalue weighted by Gasteiger charge is -2.34. The van der Waals surface area contributed by atoms with Gasteiger partial charge in [-0.3, -0.25) is 14.7 Å². The summed E-state index contributed by atoms with van der Waals surface area (Å²) in [6, 6.07) is 8.92. The number of hydrogen-bond acceptors (Lipinski definition) is 3. The Morgan fingerprint density at radius 3 is 2.67 bits per heavy atom. The summed E-state index contributed by atoms with van der Waals surface area (Å²) in [6.07, 6.45) is 4.06. The van der Waals surface area contributed by atoms with Crippen LogP contribution in [-0.4, -0.2) is 34.0 Å². The maximum Gasteiger partial charge on any atom is 0.307 e. The zero-order valence-corrected chi connectivity index (χ0v) is 13.7. The van der Waals surface area contributed by atoms with Crippen LogP contribution in [0.1, 0.15) is 18.9 Å². The molecule has 5 heteroatoms. The monoisotopic (exact) mass is 328 g/mol. The topological polar surface area (TPSA) is 53.4 Å². The Balaban J connectivity index is 1.75. The van der Waals surface area contributed by atoms with Gasteiger partial charge in [-0.2, -0.15) is 0 Å². The molecule has 1 aliphatic rings. The van der Waals surface area contributed by atoms with Gasteiger partial charge in [-0.1, -0.05) is 19.1 Å². The molecule has 0 aliphatic carbocycles. The molecule has 2 atom stereocenters. The summed E-state index contributed by atoms with van der Waals surface area (Å²) in [5.74, 6) is -1.08. The molecule has 1 N–H and O–H groups in total. The van der Waals surface area contributed by atoms with Crippen LogP contribution in [0.2, 0.25) is 0 Å². The number of aliphatic carboxylic acids is 1. The average molecular weight is 328 g/mol. The third-order valence-corrected chi connectivity index (χ3v) is 4.55. The van der Waals surface area contributed by atoms with Gasteiger partial charge in [-0.25, -0.2) is 4.39 Å². The van der Waals surface area contributed by atoms with Crippen molar-refractivity contribution in [3.05, 3.63) is 54.1 Å². The molecule has 0 saturated carbocycles. The van der Waals surface area contributed by atoms with E-state index in [1.54, 1.807) is 18.5 Å². The van der Waals surface area contributed by atoms with Gasteiger partial charge >= 0.3 is 5.97 Å². The van der Waals surface area contributed by atoms with Crippen molar-refractivity contribution >= 4 is 5.97 Å². The lowest BCUT2D eigenvalue weighted by atomic mass is 9.90. The van der Waals surface area contributed by atoms with Crippen LogP contribution in [0.3, 0.4) is 0 Å². The number of aromatic nitrogens is 1. The average Bonchev–Trinajstić information content (AvgIpc) is 2.57. The molecule has 2 heterocycles. The van der Waals surface area contributed by atoms with Crippen LogP contribution in [0, 0.1) is 17.7 Å². The van der Waals surface area contributed by atoms with Crippen molar-refractivity contribution in [2.45, 2.75) is 19.9 Å². The lowest BCUT2D eigenvalue weighted by molar-refractivity contribution is -0.144. The minimum Gasteiger partial charge on any atom is -0.481 e. The van der Waals surface area contributed by atoms with Crippen LogP contribution in [0.5, 0.6) is 0 Å². The molecule has 2 aromatic rings. The fraction of sp³-hybridized carbons (Fsp3) is 0.368. The molecule has 0 bridgehead atoms. The minimum atomic E-state index is -0.764. The first-order chi connectivity index (χ1) is 11.5. The Morgan fingerprint density at radius 1 is 1.25 bits per heavy atom. The van der Waals surface area contributed by atoms with Gasteiger partial charge in [0.2, 0.25) is 0 Å². The highest BCUT2D eigenvalue weighted by atomic mass is 19.1. The second-order valence-electron chi connectivity index (χ2n) is 6.61. The number of carbonyl (C=O) groups is 1. The highest BCUT2D eigenvalue weighted by molar-refractivity contribution is 5.70. The number of pyridine rings is 1. The van der Waals surface area contributed by atoms with E-state index in [9.17, 15) is 14.3 Å². The van der Waals surface area contributed by atoms with E-state index in [2.05, 4.69) is 4.98 Å². The summed E-state index contributed by atoms with van der Waals surface area (Å²) in [5.41, 5.74) is 2.34. The summed E-state index contributed by atoms with van der Waals surface area (Å²) in [7, 11) is 0. The summed E-state index contributed by atoms with van der Waals surface area (Å²) in [6.45, 7) is 3.77. The van der Waals surface area contributed by atoms with E-state index in [-0.39, 0.29) is 11.7 Å². The van der Waals surface area contributed by atoms with Crippen LogP contribution in [0.15, 0.2) is 42.7 Å². The van der Waals surface area contributed by atoms with Crippen molar-refractivity contribution in [2.75, 3.05) is 13.1 Å². The van der Waals surface area contributed by atoms with Gasteiger partial charge in [-0.15, -0.1) is 0 Å². The number of piperidine rings is 1. The second kappa shape index (κ2) is 7.09. The van der Waals surface area contributed by atoms with Crippen LogP contribution < -0.4 is 0 Å². The fourth-order valence-electron chi connectivity index (χ4n) is 3.41. The Bertz CT molecular complexity index is 721. The van der Waals surface area contributed by atoms with Crippen molar-refractivity contribution in [2.24, 2.45) is 11.8 Å². The predicted octanol–water partition coefficient (Wildman–Crippen LogP) is 3.43. The van der Waals surface area contributed by atoms with Crippen molar-refractivity contribution < 1.29 is 14.3 Å². The molecule has 1 aromatic heterocycles. The van der Waals surface area contributed by atoms with Gasteiger partial charge in [-0.05, 0) is 41.7 Å². The van der Waals surface area contributed by atoms with Gasteiger partial charge in [0.1, 0.15) is 5.82 Å². The number of benzene rings is 1. The molecule has 3 rings (SSSR count). The number of hydrogen-bond donors (Lipinski definition) is 1. The Morgan fingerprint density at radius 2 is 2.00 bits per heavy atom. The zero-order valence-electron chi connectivity index (χ0n) is 13.7. The van der Waals surface area contributed by atoms with Crippen LogP contribution >= 0.6 is 0 Å². The number of rotatable bonds is 4. The summed E-state index contributed by atoms with van der Waals surface area (Å²) >= 11 is 0. The standard InChI is InChI=1S/C19H21FN2O2/c1-13-8-17(19(23)24)12-22(10-13)11-16-3-2-15(9-18(16)20)14-4-6-21-7-5-14/h2-7,9,13,17H,8,10-12H2,1H3,(H,23,24). The first kappa shape index (κ1) is 16.6. The smallest absolute Gasteiger partial charge is 0.307 e. The lowest BCUT2D eigenvalue weighted by Crippen LogP contribution is -2.42. The van der Waals surface area contributed by atoms with E-state index < -0.39 is 5.97 Å². The summed E-state index contributed by atoms with van der Waals surface area (Å²) in [4.78, 5) is 17.3. The molecular weight excluding hydrogens is 307 g/mol. The van der Waals surface area contributed by atoms with Crippen LogP contribution in [0.25, 0.3) is 11.1 Å². The molecule has 1 aromatic carbocycles. The van der Waals surface area contributed by atoms with Crippen LogP contribution in [0.4, 0.5) is 4.39 Å². The number of carboxylic acid groups (broad SMARTS) is 1. The molecular formula is C19H21FN2O2. The van der Waals surface area contributed by atoms with E-state index in [0.29, 0.717) is 31.0 Å². The molecule has 2 unspecified atom stereocenters. The molecule has 126 valence electrons. The van der Waals surface area contributed by atoms with E-state index in [1.165, 1.54) is 6.07 Å². The first-order valence-electron chi connectivity index (χ1n) is 8.17. The number of nitrogens with zero attached hydrogens (tertiary/aromatic N) is 2. The molecule has 4 nitrogen and oxygen atoms in total. The number of carboxylic acids is 1. The van der Waals surface area contributed by atoms with Crippen molar-refractivity contribution in [1.29, 1.82) is 0 Å². The van der Waals surface area contributed by atoms with E-state index >= 15 is 0 Å². The van der Waals surface area contributed by atoms with E-state index in [4.69, 9.17) is 0 Å². The van der Waals surface area contributed by atoms with Crippen molar-refractivity contribution in [3.8, 4) is 11.1 Å². The quantitative estimate of drug-likeness (QED) is 0.934. The molecule has 1 saturated heterocycles. The normalized spacial score (nSPS) is 21.6. The SMILES string of the molecule is CC1CC(C(=O)O)CN(Cc2ccc(-c3ccncc3)cc2F)C1. The molecule has 1 aliphatic heterocycles. The maximum absolute atomic E-state index is 14.5. The van der Waals surface area contributed by atoms with Crippen molar-refractivity contribution in [1.82, 2.24) is 9.88 Å². The number of halogens is 1. The predicted molar refractivity (Wildman–Crippen MR) is 89.8 cm³/mol. The fourth-order valence-corrected chi connectivity index (χ4v) is 3.41. The van der Waals surface area contributed by atoms with Gasteiger partial charge in [0.15, 0.2) is 0 Å². The van der Waals surface area contributed by atoms with Gasteiger partial charge < -0.3 is 5.11 Å². The Labute approximate surface area is 141 Å². The highest BCUT2D eigenvalue weighted by Crippen LogP contribution is 2.26. The summed E-state index contributed by atoms with van der Waals surface area (Å²) < 4.78 is 14.5. The third-order valence-electron chi connectivity index (χ3n) is 4.55. The van der Waals surface area contributed by atoms with Crippen LogP contribution in [-0.2, 0) is 11.3 Å². The third kappa shape index (κ3) is 3.79. The number of likely N-dealkylation sites (tertiary alicyclic amines) is 1. The van der Waals surface area contributed by atoms with E-state index in [0.717, 1.165) is 17.7 Å². The summed E-state index contributed by atoms with van der Waals surface area (Å²) in [5, 5.41) is 9.25. The van der Waals surface area contributed by atoms with E-state index in [1.807, 2.05) is 30.0 Å². The molecule has 0 spiro atoms. The zero-order chi connectivity index (χ0) is 17.1.